The number of rotatable bonds is 1. The van der Waals surface area contributed by atoms with E-state index in [-0.39, 0.29) is 0 Å². The molecule has 0 amide bonds. The molecule has 1 aromatic rings. The monoisotopic (exact) mass is 256 g/mol. The van der Waals surface area contributed by atoms with E-state index in [1.807, 2.05) is 18.2 Å². The van der Waals surface area contributed by atoms with E-state index in [0.717, 1.165) is 30.1 Å². The van der Waals surface area contributed by atoms with Gasteiger partial charge in [-0.05, 0) is 35.0 Å². The normalized spacial score (nSPS) is 22.4. The van der Waals surface area contributed by atoms with Crippen LogP contribution in [0.3, 0.4) is 0 Å². The van der Waals surface area contributed by atoms with Crippen molar-refractivity contribution in [3.8, 4) is 0 Å². The van der Waals surface area contributed by atoms with Crippen LogP contribution in [-0.2, 0) is 4.74 Å². The van der Waals surface area contributed by atoms with Crippen LogP contribution in [-0.4, -0.2) is 30.8 Å². The summed E-state index contributed by atoms with van der Waals surface area (Å²) in [6.07, 6.45) is 0.296. The van der Waals surface area contributed by atoms with Gasteiger partial charge in [0, 0.05) is 13.1 Å². The number of ether oxygens (including phenoxy) is 1. The zero-order chi connectivity index (χ0) is 9.97. The Kier molecular flexibility index (Phi) is 3.03. The molecule has 1 atom stereocenters. The van der Waals surface area contributed by atoms with Gasteiger partial charge in [0.25, 0.3) is 0 Å². The van der Waals surface area contributed by atoms with E-state index in [0.29, 0.717) is 6.10 Å². The lowest BCUT2D eigenvalue weighted by atomic mass is 10.3. The van der Waals surface area contributed by atoms with Gasteiger partial charge in [-0.3, -0.25) is 0 Å². The average Bonchev–Trinajstić information content (AvgIpc) is 2.18. The SMILES string of the molecule is CC1CN(c2cccc(Br)n2)CCO1. The lowest BCUT2D eigenvalue weighted by molar-refractivity contribution is 0.0529. The Morgan fingerprint density at radius 3 is 3.14 bits per heavy atom. The van der Waals surface area contributed by atoms with Crippen molar-refractivity contribution in [2.45, 2.75) is 13.0 Å². The summed E-state index contributed by atoms with van der Waals surface area (Å²) in [6.45, 7) is 4.72. The Morgan fingerprint density at radius 2 is 2.43 bits per heavy atom. The minimum absolute atomic E-state index is 0.296. The highest BCUT2D eigenvalue weighted by molar-refractivity contribution is 9.10. The number of morpholine rings is 1. The van der Waals surface area contributed by atoms with Gasteiger partial charge in [-0.15, -0.1) is 0 Å². The second-order valence-electron chi connectivity index (χ2n) is 3.45. The van der Waals surface area contributed by atoms with E-state index in [1.54, 1.807) is 0 Å². The number of aromatic nitrogens is 1. The lowest BCUT2D eigenvalue weighted by Crippen LogP contribution is -2.41. The quantitative estimate of drug-likeness (QED) is 0.720. The Hall–Kier alpha value is -0.610. The highest BCUT2D eigenvalue weighted by Crippen LogP contribution is 2.17. The third-order valence-corrected chi connectivity index (χ3v) is 2.71. The van der Waals surface area contributed by atoms with Crippen molar-refractivity contribution in [2.75, 3.05) is 24.6 Å². The molecule has 3 nitrogen and oxygen atoms in total. The van der Waals surface area contributed by atoms with Crippen LogP contribution in [0.4, 0.5) is 5.82 Å². The van der Waals surface area contributed by atoms with Crippen molar-refractivity contribution in [2.24, 2.45) is 0 Å². The molecular formula is C10H13BrN2O. The van der Waals surface area contributed by atoms with Gasteiger partial charge in [-0.1, -0.05) is 6.07 Å². The molecule has 1 saturated heterocycles. The molecule has 1 aliphatic rings. The molecule has 14 heavy (non-hydrogen) atoms. The van der Waals surface area contributed by atoms with Gasteiger partial charge in [-0.25, -0.2) is 4.98 Å². The molecule has 1 aliphatic heterocycles. The van der Waals surface area contributed by atoms with Crippen LogP contribution < -0.4 is 4.90 Å². The summed E-state index contributed by atoms with van der Waals surface area (Å²) < 4.78 is 6.36. The number of halogens is 1. The van der Waals surface area contributed by atoms with E-state index in [2.05, 4.69) is 32.7 Å². The maximum atomic E-state index is 5.48. The van der Waals surface area contributed by atoms with E-state index in [4.69, 9.17) is 4.74 Å². The molecule has 0 aromatic carbocycles. The molecule has 0 radical (unpaired) electrons. The van der Waals surface area contributed by atoms with E-state index in [9.17, 15) is 0 Å². The molecule has 2 rings (SSSR count). The fourth-order valence-electron chi connectivity index (χ4n) is 1.60. The summed E-state index contributed by atoms with van der Waals surface area (Å²) >= 11 is 3.37. The van der Waals surface area contributed by atoms with Crippen LogP contribution in [0.1, 0.15) is 6.92 Å². The standard InChI is InChI=1S/C10H13BrN2O/c1-8-7-13(5-6-14-8)10-4-2-3-9(11)12-10/h2-4,8H,5-7H2,1H3. The van der Waals surface area contributed by atoms with E-state index in [1.165, 1.54) is 0 Å². The van der Waals surface area contributed by atoms with Gasteiger partial charge in [0.15, 0.2) is 0 Å². The molecule has 0 saturated carbocycles. The molecule has 1 aromatic heterocycles. The van der Waals surface area contributed by atoms with Gasteiger partial charge in [0.05, 0.1) is 12.7 Å². The molecule has 0 N–H and O–H groups in total. The molecule has 4 heteroatoms. The maximum absolute atomic E-state index is 5.48. The van der Waals surface area contributed by atoms with Crippen LogP contribution in [0.25, 0.3) is 0 Å². The Morgan fingerprint density at radius 1 is 1.57 bits per heavy atom. The van der Waals surface area contributed by atoms with Gasteiger partial charge in [-0.2, -0.15) is 0 Å². The predicted octanol–water partition coefficient (Wildman–Crippen LogP) is 2.07. The first-order valence-electron chi connectivity index (χ1n) is 4.75. The number of anilines is 1. The second-order valence-corrected chi connectivity index (χ2v) is 4.26. The Balaban J connectivity index is 2.14. The second kappa shape index (κ2) is 4.28. The molecule has 2 heterocycles. The van der Waals surface area contributed by atoms with Crippen LogP contribution >= 0.6 is 15.9 Å². The first-order chi connectivity index (χ1) is 6.75. The minimum Gasteiger partial charge on any atom is -0.375 e. The average molecular weight is 257 g/mol. The summed E-state index contributed by atoms with van der Waals surface area (Å²) in [5.74, 6) is 1.02. The fraction of sp³-hybridized carbons (Fsp3) is 0.500. The van der Waals surface area contributed by atoms with Crippen molar-refractivity contribution >= 4 is 21.7 Å². The molecule has 0 aliphatic carbocycles. The van der Waals surface area contributed by atoms with Crippen LogP contribution in [0.15, 0.2) is 22.8 Å². The Labute approximate surface area is 92.2 Å². The van der Waals surface area contributed by atoms with Crippen molar-refractivity contribution in [1.82, 2.24) is 4.98 Å². The molecule has 1 fully saturated rings. The zero-order valence-electron chi connectivity index (χ0n) is 8.11. The van der Waals surface area contributed by atoms with Crippen molar-refractivity contribution in [3.63, 3.8) is 0 Å². The summed E-state index contributed by atoms with van der Waals surface area (Å²) in [5, 5.41) is 0. The number of hydrogen-bond acceptors (Lipinski definition) is 3. The van der Waals surface area contributed by atoms with Gasteiger partial charge < -0.3 is 9.64 Å². The Bertz CT molecular complexity index is 319. The van der Waals surface area contributed by atoms with Gasteiger partial charge in [0.2, 0.25) is 0 Å². The van der Waals surface area contributed by atoms with E-state index >= 15 is 0 Å². The molecule has 76 valence electrons. The zero-order valence-corrected chi connectivity index (χ0v) is 9.70. The lowest BCUT2D eigenvalue weighted by Gasteiger charge is -2.32. The largest absolute Gasteiger partial charge is 0.375 e. The summed E-state index contributed by atoms with van der Waals surface area (Å²) in [5.41, 5.74) is 0. The molecule has 1 unspecified atom stereocenters. The first kappa shape index (κ1) is 9.93. The fourth-order valence-corrected chi connectivity index (χ4v) is 1.93. The summed E-state index contributed by atoms with van der Waals surface area (Å²) in [4.78, 5) is 6.67. The number of hydrogen-bond donors (Lipinski definition) is 0. The minimum atomic E-state index is 0.296. The molecule has 0 bridgehead atoms. The molecular weight excluding hydrogens is 244 g/mol. The van der Waals surface area contributed by atoms with Crippen molar-refractivity contribution in [1.29, 1.82) is 0 Å². The van der Waals surface area contributed by atoms with E-state index < -0.39 is 0 Å². The number of pyridine rings is 1. The smallest absolute Gasteiger partial charge is 0.130 e. The topological polar surface area (TPSA) is 25.4 Å². The highest BCUT2D eigenvalue weighted by Gasteiger charge is 2.17. The van der Waals surface area contributed by atoms with Crippen LogP contribution in [0.2, 0.25) is 0 Å². The summed E-state index contributed by atoms with van der Waals surface area (Å²) in [6, 6.07) is 5.97. The summed E-state index contributed by atoms with van der Waals surface area (Å²) in [7, 11) is 0. The first-order valence-corrected chi connectivity index (χ1v) is 5.54. The highest BCUT2D eigenvalue weighted by atomic mass is 79.9. The van der Waals surface area contributed by atoms with Crippen molar-refractivity contribution < 1.29 is 4.74 Å². The third-order valence-electron chi connectivity index (χ3n) is 2.27. The third kappa shape index (κ3) is 2.25. The predicted molar refractivity (Wildman–Crippen MR) is 59.6 cm³/mol. The van der Waals surface area contributed by atoms with Gasteiger partial charge in [0.1, 0.15) is 10.4 Å². The van der Waals surface area contributed by atoms with Crippen molar-refractivity contribution in [3.05, 3.63) is 22.8 Å². The number of nitrogens with zero attached hydrogens (tertiary/aromatic N) is 2. The van der Waals surface area contributed by atoms with Crippen LogP contribution in [0.5, 0.6) is 0 Å². The van der Waals surface area contributed by atoms with Crippen LogP contribution in [0, 0.1) is 0 Å². The maximum Gasteiger partial charge on any atom is 0.130 e. The van der Waals surface area contributed by atoms with Gasteiger partial charge >= 0.3 is 0 Å². The molecule has 0 spiro atoms.